The molecule has 10 rings (SSSR count). The average molecular weight is 1070 g/mol. The second kappa shape index (κ2) is 32.9. The van der Waals surface area contributed by atoms with Gasteiger partial charge in [0.05, 0.1) is 0 Å². The molecule has 0 nitrogen and oxygen atoms in total. The third kappa shape index (κ3) is 19.2. The Bertz CT molecular complexity index is 2010. The summed E-state index contributed by atoms with van der Waals surface area (Å²) in [7, 11) is 0. The minimum Gasteiger partial charge on any atom is -0.204 e. The van der Waals surface area contributed by atoms with Gasteiger partial charge in [-0.1, -0.05) is 84.5 Å². The largest absolute Gasteiger partial charge is 0.204 e. The van der Waals surface area contributed by atoms with Crippen LogP contribution in [0.1, 0.15) is 259 Å². The summed E-state index contributed by atoms with van der Waals surface area (Å²) >= 11 is 0. The summed E-state index contributed by atoms with van der Waals surface area (Å²) in [5.41, 5.74) is 3.94. The Kier molecular flexibility index (Phi) is 26.2. The van der Waals surface area contributed by atoms with E-state index in [2.05, 4.69) is 120 Å². The molecule has 8 aliphatic rings. The van der Waals surface area contributed by atoms with Crippen molar-refractivity contribution in [3.63, 3.8) is 0 Å². The van der Waals surface area contributed by atoms with Crippen LogP contribution in [0.4, 0.5) is 8.78 Å². The molecule has 0 radical (unpaired) electrons. The molecule has 0 atom stereocenters. The van der Waals surface area contributed by atoms with Crippen molar-refractivity contribution in [1.29, 1.82) is 0 Å². The smallest absolute Gasteiger partial charge is 0.159 e. The molecule has 8 fully saturated rings. The number of hydrogen-bond donors (Lipinski definition) is 0. The first-order valence-electron chi connectivity index (χ1n) is 32.9. The van der Waals surface area contributed by atoms with Crippen LogP contribution < -0.4 is 0 Å². The van der Waals surface area contributed by atoms with Gasteiger partial charge in [0.15, 0.2) is 11.6 Å². The van der Waals surface area contributed by atoms with Gasteiger partial charge in [-0.25, -0.2) is 8.78 Å². The van der Waals surface area contributed by atoms with Gasteiger partial charge in [-0.15, -0.1) is 26.3 Å². The average Bonchev–Trinajstić information content (AvgIpc) is 3.66. The van der Waals surface area contributed by atoms with Crippen molar-refractivity contribution in [2.75, 3.05) is 0 Å². The van der Waals surface area contributed by atoms with Crippen molar-refractivity contribution in [2.24, 2.45) is 82.9 Å². The molecule has 2 aromatic rings. The highest BCUT2D eigenvalue weighted by atomic mass is 19.2. The van der Waals surface area contributed by atoms with Crippen LogP contribution in [-0.4, -0.2) is 0 Å². The number of halogens is 2. The van der Waals surface area contributed by atoms with E-state index >= 15 is 0 Å². The molecule has 0 heterocycles. The van der Waals surface area contributed by atoms with Crippen molar-refractivity contribution in [1.82, 2.24) is 0 Å². The van der Waals surface area contributed by atoms with Crippen LogP contribution in [0.25, 0.3) is 0 Å². The first kappa shape index (κ1) is 61.4. The molecule has 0 bridgehead atoms. The third-order valence-electron chi connectivity index (χ3n) is 22.3. The highest BCUT2D eigenvalue weighted by Crippen LogP contribution is 2.47. The molecule has 0 spiro atoms. The van der Waals surface area contributed by atoms with Gasteiger partial charge in [-0.2, -0.15) is 0 Å². The summed E-state index contributed by atoms with van der Waals surface area (Å²) in [6.45, 7) is 22.3. The van der Waals surface area contributed by atoms with Crippen LogP contribution in [-0.2, 0) is 0 Å². The van der Waals surface area contributed by atoms with Gasteiger partial charge in [-0.3, -0.25) is 0 Å². The second-order valence-corrected chi connectivity index (χ2v) is 26.9. The van der Waals surface area contributed by atoms with Crippen molar-refractivity contribution < 1.29 is 20.2 Å². The molecule has 77 heavy (non-hydrogen) atoms. The van der Waals surface area contributed by atoms with Gasteiger partial charge in [0, 0.05) is 11.4 Å². The van der Waals surface area contributed by atoms with Crippen LogP contribution in [0.15, 0.2) is 117 Å². The van der Waals surface area contributed by atoms with Gasteiger partial charge in [0.2, 0.25) is 0 Å². The molecular formula is C75H128F2. The number of aryl methyl sites for hydroxylation is 1. The van der Waals surface area contributed by atoms with E-state index in [-0.39, 0.29) is 11.4 Å². The van der Waals surface area contributed by atoms with Crippen LogP contribution in [0.5, 0.6) is 0 Å². The van der Waals surface area contributed by atoms with Crippen molar-refractivity contribution in [2.45, 2.75) is 238 Å². The maximum atomic E-state index is 13.4. The number of hydrogen-bond acceptors (Lipinski definition) is 0. The van der Waals surface area contributed by atoms with Gasteiger partial charge < -0.3 is 0 Å². The molecule has 0 amide bonds. The van der Waals surface area contributed by atoms with Gasteiger partial charge >= 0.3 is 0 Å². The van der Waals surface area contributed by atoms with E-state index in [1.807, 2.05) is 0 Å². The first-order valence-corrected chi connectivity index (χ1v) is 32.9. The molecular weight excluding hydrogens is 939 g/mol. The number of allylic oxidation sites excluding steroid dienone is 8. The van der Waals surface area contributed by atoms with E-state index in [0.717, 1.165) is 107 Å². The van der Waals surface area contributed by atoms with Crippen LogP contribution in [0, 0.1) is 101 Å². The van der Waals surface area contributed by atoms with E-state index in [0.29, 0.717) is 5.92 Å². The van der Waals surface area contributed by atoms with Crippen LogP contribution in [0.2, 0.25) is 0 Å². The van der Waals surface area contributed by atoms with Crippen molar-refractivity contribution >= 4 is 0 Å². The van der Waals surface area contributed by atoms with Crippen LogP contribution in [0.3, 0.4) is 0 Å². The van der Waals surface area contributed by atoms with Gasteiger partial charge in [0.25, 0.3) is 0 Å². The van der Waals surface area contributed by atoms with Crippen molar-refractivity contribution in [3.05, 3.63) is 146 Å². The second-order valence-electron chi connectivity index (χ2n) is 26.9. The Labute approximate surface area is 485 Å². The fourth-order valence-electron chi connectivity index (χ4n) is 17.0. The summed E-state index contributed by atoms with van der Waals surface area (Å²) < 4.78 is 26.4. The number of benzene rings is 2. The maximum absolute atomic E-state index is 13.4. The Morgan fingerprint density at radius 1 is 0.325 bits per heavy atom. The Hall–Kier alpha value is -3.26. The Balaban J connectivity index is 0. The lowest BCUT2D eigenvalue weighted by Gasteiger charge is -2.37. The molecule has 0 aliphatic heterocycles. The highest BCUT2D eigenvalue weighted by molar-refractivity contribution is 5.25. The summed E-state index contributed by atoms with van der Waals surface area (Å²) in [6.07, 6.45) is 62.7. The topological polar surface area (TPSA) is 0 Å². The molecule has 0 saturated heterocycles. The molecule has 8 saturated carbocycles. The predicted molar refractivity (Wildman–Crippen MR) is 347 cm³/mol. The third-order valence-corrected chi connectivity index (χ3v) is 22.3. The Morgan fingerprint density at radius 3 is 0.831 bits per heavy atom. The molecule has 0 aromatic heterocycles. The SMILES string of the molecule is C/C=C/C1CCC(C2CCC(/C=C/C)CC2)CC1.C=CC1CCC(C2CCC(C=C)CC2)CC1.C=CC1CCC(C2CCC(c3ccc(C)cc3)CC2)CC1.C=CC1CCC(C2CCC(c3ccc(F)c(F)c3)CC2)CC1.[HH].[HH].[HH].[HH].[HH].[HH].[HH].[HH]. The molecule has 8 aliphatic carbocycles. The van der Waals surface area contributed by atoms with Crippen LogP contribution >= 0.6 is 0 Å². The normalized spacial score (nSPS) is 35.9. The first-order chi connectivity index (χ1) is 37.6. The lowest BCUT2D eigenvalue weighted by atomic mass is 9.68. The van der Waals surface area contributed by atoms with Crippen molar-refractivity contribution in [3.8, 4) is 0 Å². The summed E-state index contributed by atoms with van der Waals surface area (Å²) in [5, 5.41) is 0. The molecule has 2 heteroatoms. The van der Waals surface area contributed by atoms with E-state index in [4.69, 9.17) is 0 Å². The molecule has 442 valence electrons. The molecule has 0 unspecified atom stereocenters. The lowest BCUT2D eigenvalue weighted by Crippen LogP contribution is -2.25. The fraction of sp³-hybridized carbons (Fsp3) is 0.680. The standard InChI is InChI=1S/C21H30.C20H26F2.C18H30.C16H26.8H2/c1-3-17-6-10-19(11-7-17)21-14-12-20(13-15-21)18-8-4-16(2)5-9-18;1-2-14-3-5-15(6-4-14)16-7-9-17(10-8-16)18-11-12-19(21)20(22)13-18;1-3-5-15-7-11-17(12-8-15)18-13-9-16(6-4-2)10-14-18;1-3-13-5-9-15(10-6-13)16-11-7-14(4-2)8-12-16;;;;;;;;/h3-5,8-9,17,19-21H,1,6-7,10-15H2,2H3;2,11-17H,1,3-10H2;3-6,15-18H,7-14H2,1-2H3;3-4,13-16H,1-2,5-12H2;8*1H/b;;5-3+,6-4+;;;;;;;;;. The molecule has 0 N–H and O–H groups in total. The summed E-state index contributed by atoms with van der Waals surface area (Å²) in [6, 6.07) is 13.7. The summed E-state index contributed by atoms with van der Waals surface area (Å²) in [4.78, 5) is 0. The van der Waals surface area contributed by atoms with E-state index in [9.17, 15) is 8.78 Å². The zero-order chi connectivity index (χ0) is 54.4. The predicted octanol–water partition coefficient (Wildman–Crippen LogP) is 25.2. The molecule has 2 aromatic carbocycles. The minimum atomic E-state index is -0.739. The Morgan fingerprint density at radius 2 is 0.571 bits per heavy atom. The van der Waals surface area contributed by atoms with E-state index < -0.39 is 11.6 Å². The van der Waals surface area contributed by atoms with Gasteiger partial charge in [-0.05, 0) is 344 Å². The quantitative estimate of drug-likeness (QED) is 0.186. The summed E-state index contributed by atoms with van der Waals surface area (Å²) in [5.74, 6) is 12.7. The minimum absolute atomic E-state index is 0. The number of rotatable bonds is 12. The maximum Gasteiger partial charge on any atom is 0.159 e. The van der Waals surface area contributed by atoms with E-state index in [1.54, 1.807) is 11.6 Å². The zero-order valence-corrected chi connectivity index (χ0v) is 49.6. The van der Waals surface area contributed by atoms with Gasteiger partial charge in [0.1, 0.15) is 0 Å². The fourth-order valence-corrected chi connectivity index (χ4v) is 17.0. The lowest BCUT2D eigenvalue weighted by molar-refractivity contribution is 0.166. The zero-order valence-electron chi connectivity index (χ0n) is 49.6. The van der Waals surface area contributed by atoms with E-state index in [1.165, 1.54) is 210 Å². The monoisotopic (exact) mass is 1070 g/mol. The highest BCUT2D eigenvalue weighted by Gasteiger charge is 2.34.